The molecule has 14 heavy (non-hydrogen) atoms. The summed E-state index contributed by atoms with van der Waals surface area (Å²) in [5.41, 5.74) is 0. The molecule has 2 N–H and O–H groups in total. The smallest absolute Gasteiger partial charge is 0.0931 e. The summed E-state index contributed by atoms with van der Waals surface area (Å²) in [6.07, 6.45) is 2.21. The first-order chi connectivity index (χ1) is 6.75. The van der Waals surface area contributed by atoms with E-state index in [2.05, 4.69) is 5.32 Å². The lowest BCUT2D eigenvalue weighted by Gasteiger charge is -2.09. The molecule has 78 valence electrons. The molecule has 4 heteroatoms. The summed E-state index contributed by atoms with van der Waals surface area (Å²) in [7, 11) is 0. The van der Waals surface area contributed by atoms with E-state index in [1.165, 1.54) is 17.7 Å². The zero-order valence-electron chi connectivity index (χ0n) is 7.87. The highest BCUT2D eigenvalue weighted by Gasteiger charge is 2.28. The molecular weight excluding hydrogens is 218 g/mol. The number of rotatable bonds is 5. The van der Waals surface area contributed by atoms with Gasteiger partial charge in [-0.3, -0.25) is 0 Å². The van der Waals surface area contributed by atoms with Gasteiger partial charge in [-0.15, -0.1) is 11.3 Å². The molecule has 1 saturated carbocycles. The van der Waals surface area contributed by atoms with E-state index < -0.39 is 0 Å². The fourth-order valence-corrected chi connectivity index (χ4v) is 2.49. The van der Waals surface area contributed by atoms with Crippen molar-refractivity contribution in [3.05, 3.63) is 21.3 Å². The lowest BCUT2D eigenvalue weighted by Crippen LogP contribution is -2.27. The highest BCUT2D eigenvalue weighted by molar-refractivity contribution is 7.16. The van der Waals surface area contributed by atoms with Crippen LogP contribution in [0, 0.1) is 5.92 Å². The summed E-state index contributed by atoms with van der Waals surface area (Å²) < 4.78 is 0.824. The molecule has 0 bridgehead atoms. The van der Waals surface area contributed by atoms with Gasteiger partial charge >= 0.3 is 0 Å². The predicted molar refractivity (Wildman–Crippen MR) is 59.8 cm³/mol. The average molecular weight is 232 g/mol. The van der Waals surface area contributed by atoms with Gasteiger partial charge in [-0.2, -0.15) is 0 Å². The quantitative estimate of drug-likeness (QED) is 0.815. The Morgan fingerprint density at radius 1 is 1.57 bits per heavy atom. The van der Waals surface area contributed by atoms with Crippen molar-refractivity contribution in [3.8, 4) is 0 Å². The van der Waals surface area contributed by atoms with Crippen LogP contribution in [0.1, 0.15) is 17.7 Å². The minimum atomic E-state index is -0.162. The summed E-state index contributed by atoms with van der Waals surface area (Å²) in [5, 5.41) is 12.8. The first-order valence-electron chi connectivity index (χ1n) is 4.88. The molecule has 0 saturated heterocycles. The summed E-state index contributed by atoms with van der Waals surface area (Å²) in [4.78, 5) is 1.22. The topological polar surface area (TPSA) is 32.3 Å². The third-order valence-corrected chi connectivity index (χ3v) is 3.68. The fraction of sp³-hybridized carbons (Fsp3) is 0.600. The molecule has 0 radical (unpaired) electrons. The van der Waals surface area contributed by atoms with Gasteiger partial charge in [0, 0.05) is 18.0 Å². The maximum atomic E-state index is 9.59. The van der Waals surface area contributed by atoms with Crippen LogP contribution >= 0.6 is 22.9 Å². The first-order valence-corrected chi connectivity index (χ1v) is 6.08. The molecule has 1 unspecified atom stereocenters. The lowest BCUT2D eigenvalue weighted by molar-refractivity contribution is 0.148. The van der Waals surface area contributed by atoms with Crippen molar-refractivity contribution >= 4 is 22.9 Å². The van der Waals surface area contributed by atoms with Crippen LogP contribution in [0.3, 0.4) is 0 Å². The Kier molecular flexibility index (Phi) is 3.44. The van der Waals surface area contributed by atoms with Gasteiger partial charge in [0.15, 0.2) is 0 Å². The van der Waals surface area contributed by atoms with Gasteiger partial charge in [-0.05, 0) is 30.9 Å². The van der Waals surface area contributed by atoms with E-state index in [-0.39, 0.29) is 6.10 Å². The van der Waals surface area contributed by atoms with Crippen LogP contribution in [0.2, 0.25) is 4.34 Å². The molecule has 2 rings (SSSR count). The van der Waals surface area contributed by atoms with Crippen LogP contribution in [-0.2, 0) is 6.54 Å². The van der Waals surface area contributed by atoms with Gasteiger partial charge in [-0.1, -0.05) is 11.6 Å². The van der Waals surface area contributed by atoms with Crippen LogP contribution in [-0.4, -0.2) is 17.8 Å². The Morgan fingerprint density at radius 3 is 2.93 bits per heavy atom. The molecule has 1 aliphatic rings. The van der Waals surface area contributed by atoms with Gasteiger partial charge < -0.3 is 10.4 Å². The van der Waals surface area contributed by atoms with Crippen molar-refractivity contribution in [1.82, 2.24) is 5.32 Å². The first kappa shape index (κ1) is 10.4. The van der Waals surface area contributed by atoms with Gasteiger partial charge in [0.05, 0.1) is 10.4 Å². The van der Waals surface area contributed by atoms with Gasteiger partial charge in [-0.25, -0.2) is 0 Å². The number of aliphatic hydroxyl groups is 1. The van der Waals surface area contributed by atoms with E-state index >= 15 is 0 Å². The summed E-state index contributed by atoms with van der Waals surface area (Å²) in [6, 6.07) is 3.92. The van der Waals surface area contributed by atoms with E-state index in [4.69, 9.17) is 11.6 Å². The summed E-state index contributed by atoms with van der Waals surface area (Å²) >= 11 is 7.39. The van der Waals surface area contributed by atoms with Crippen LogP contribution in [0.25, 0.3) is 0 Å². The van der Waals surface area contributed by atoms with E-state index in [1.54, 1.807) is 11.3 Å². The number of hydrogen-bond donors (Lipinski definition) is 2. The third-order valence-electron chi connectivity index (χ3n) is 2.45. The molecule has 0 aromatic carbocycles. The summed E-state index contributed by atoms with van der Waals surface area (Å²) in [6.45, 7) is 1.50. The summed E-state index contributed by atoms with van der Waals surface area (Å²) in [5.74, 6) is 0.550. The number of hydrogen-bond acceptors (Lipinski definition) is 3. The Bertz CT molecular complexity index is 298. The monoisotopic (exact) mass is 231 g/mol. The third kappa shape index (κ3) is 2.95. The van der Waals surface area contributed by atoms with Gasteiger partial charge in [0.1, 0.15) is 0 Å². The SMILES string of the molecule is OC(CNCc1ccc(Cl)s1)C1CC1. The van der Waals surface area contributed by atoms with E-state index in [0.717, 1.165) is 10.9 Å². The molecule has 1 fully saturated rings. The highest BCUT2D eigenvalue weighted by Crippen LogP contribution is 2.32. The van der Waals surface area contributed by atoms with Crippen LogP contribution in [0.15, 0.2) is 12.1 Å². The van der Waals surface area contributed by atoms with E-state index in [9.17, 15) is 5.11 Å². The van der Waals surface area contributed by atoms with Crippen molar-refractivity contribution in [2.45, 2.75) is 25.5 Å². The molecule has 0 spiro atoms. The number of halogens is 1. The molecular formula is C10H14ClNOS. The van der Waals surface area contributed by atoms with Crippen LogP contribution in [0.4, 0.5) is 0 Å². The van der Waals surface area contributed by atoms with Crippen molar-refractivity contribution < 1.29 is 5.11 Å². The maximum Gasteiger partial charge on any atom is 0.0931 e. The average Bonchev–Trinajstić information content (AvgIpc) is 2.92. The zero-order valence-corrected chi connectivity index (χ0v) is 9.44. The molecule has 1 aromatic heterocycles. The Labute approximate surface area is 92.9 Å². The fourth-order valence-electron chi connectivity index (χ4n) is 1.44. The van der Waals surface area contributed by atoms with Gasteiger partial charge in [0.2, 0.25) is 0 Å². The van der Waals surface area contributed by atoms with Crippen molar-refractivity contribution in [3.63, 3.8) is 0 Å². The van der Waals surface area contributed by atoms with E-state index in [1.807, 2.05) is 12.1 Å². The van der Waals surface area contributed by atoms with Crippen LogP contribution < -0.4 is 5.32 Å². The number of nitrogens with one attached hydrogen (secondary N) is 1. The van der Waals surface area contributed by atoms with Crippen molar-refractivity contribution in [2.75, 3.05) is 6.54 Å². The van der Waals surface area contributed by atoms with Crippen molar-refractivity contribution in [1.29, 1.82) is 0 Å². The van der Waals surface area contributed by atoms with E-state index in [0.29, 0.717) is 12.5 Å². The molecule has 0 amide bonds. The second-order valence-electron chi connectivity index (χ2n) is 3.74. The minimum absolute atomic E-state index is 0.162. The Morgan fingerprint density at radius 2 is 2.36 bits per heavy atom. The number of aliphatic hydroxyl groups excluding tert-OH is 1. The lowest BCUT2D eigenvalue weighted by atomic mass is 10.2. The second kappa shape index (κ2) is 4.62. The largest absolute Gasteiger partial charge is 0.392 e. The normalized spacial score (nSPS) is 18.4. The molecule has 1 heterocycles. The van der Waals surface area contributed by atoms with Gasteiger partial charge in [0.25, 0.3) is 0 Å². The standard InChI is InChI=1S/C10H14ClNOS/c11-10-4-3-8(14-10)5-12-6-9(13)7-1-2-7/h3-4,7,9,12-13H,1-2,5-6H2. The molecule has 1 aromatic rings. The second-order valence-corrected chi connectivity index (χ2v) is 5.54. The number of thiophene rings is 1. The predicted octanol–water partition coefficient (Wildman–Crippen LogP) is 2.26. The minimum Gasteiger partial charge on any atom is -0.392 e. The molecule has 1 aliphatic carbocycles. The van der Waals surface area contributed by atoms with Crippen LogP contribution in [0.5, 0.6) is 0 Å². The Balaban J connectivity index is 1.67. The Hall–Kier alpha value is -0.0900. The molecule has 0 aliphatic heterocycles. The molecule has 1 atom stereocenters. The maximum absolute atomic E-state index is 9.59. The molecule has 2 nitrogen and oxygen atoms in total. The zero-order chi connectivity index (χ0) is 9.97. The highest BCUT2D eigenvalue weighted by atomic mass is 35.5. The van der Waals surface area contributed by atoms with Crippen molar-refractivity contribution in [2.24, 2.45) is 5.92 Å².